The second-order valence-corrected chi connectivity index (χ2v) is 9.13. The summed E-state index contributed by atoms with van der Waals surface area (Å²) < 4.78 is 5.97. The maximum atomic E-state index is 13.4. The van der Waals surface area contributed by atoms with Gasteiger partial charge in [-0.15, -0.1) is 21.5 Å². The monoisotopic (exact) mass is 443 g/mol. The second-order valence-electron chi connectivity index (χ2n) is 8.18. The Morgan fingerprint density at radius 1 is 1.00 bits per heavy atom. The van der Waals surface area contributed by atoms with Gasteiger partial charge >= 0.3 is 0 Å². The van der Waals surface area contributed by atoms with Crippen LogP contribution in [-0.4, -0.2) is 34.1 Å². The number of hydrogen-bond donors (Lipinski definition) is 0. The van der Waals surface area contributed by atoms with Crippen molar-refractivity contribution in [3.05, 3.63) is 95.2 Å². The van der Waals surface area contributed by atoms with E-state index in [0.717, 1.165) is 35.4 Å². The molecule has 0 radical (unpaired) electrons. The minimum atomic E-state index is 0.0408. The first-order valence-electron chi connectivity index (χ1n) is 11.0. The molecule has 0 aliphatic carbocycles. The molecule has 5 rings (SSSR count). The van der Waals surface area contributed by atoms with Crippen LogP contribution in [0, 0.1) is 0 Å². The summed E-state index contributed by atoms with van der Waals surface area (Å²) in [5.74, 6) is 1.49. The van der Waals surface area contributed by atoms with E-state index < -0.39 is 0 Å². The van der Waals surface area contributed by atoms with Crippen molar-refractivity contribution >= 4 is 17.2 Å². The molecule has 1 atom stereocenters. The van der Waals surface area contributed by atoms with E-state index in [1.807, 2.05) is 58.8 Å². The Morgan fingerprint density at radius 2 is 1.72 bits per heavy atom. The van der Waals surface area contributed by atoms with Crippen LogP contribution in [0.4, 0.5) is 0 Å². The number of likely N-dealkylation sites (tertiary alicyclic amines) is 1. The number of piperidine rings is 1. The van der Waals surface area contributed by atoms with E-state index >= 15 is 0 Å². The van der Waals surface area contributed by atoms with Crippen LogP contribution in [0.1, 0.15) is 48.1 Å². The Hall–Kier alpha value is -3.25. The van der Waals surface area contributed by atoms with E-state index in [0.29, 0.717) is 24.7 Å². The summed E-state index contributed by atoms with van der Waals surface area (Å²) in [6.07, 6.45) is 2.34. The van der Waals surface area contributed by atoms with Crippen LogP contribution in [0.2, 0.25) is 0 Å². The van der Waals surface area contributed by atoms with Crippen molar-refractivity contribution in [1.29, 1.82) is 0 Å². The Balaban J connectivity index is 1.31. The SMILES string of the molecule is O=C(CC(c1ccccc1)c1ccccc1)N1CCCC(c2nnc(-c3cccs3)o2)C1. The first-order valence-corrected chi connectivity index (χ1v) is 11.9. The molecule has 1 aliphatic rings. The Labute approximate surface area is 191 Å². The quantitative estimate of drug-likeness (QED) is 0.382. The van der Waals surface area contributed by atoms with Crippen molar-refractivity contribution in [3.8, 4) is 10.8 Å². The van der Waals surface area contributed by atoms with Gasteiger partial charge in [0.2, 0.25) is 11.8 Å². The molecule has 5 nitrogen and oxygen atoms in total. The van der Waals surface area contributed by atoms with Gasteiger partial charge in [-0.1, -0.05) is 66.7 Å². The normalized spacial score (nSPS) is 16.4. The lowest BCUT2D eigenvalue weighted by Gasteiger charge is -2.32. The highest BCUT2D eigenvalue weighted by molar-refractivity contribution is 7.13. The standard InChI is InChI=1S/C26H25N3O2S/c30-24(17-22(19-9-3-1-4-10-19)20-11-5-2-6-12-20)29-15-7-13-21(18-29)25-27-28-26(31-25)23-14-8-16-32-23/h1-6,8-12,14,16,21-22H,7,13,15,17-18H2. The zero-order valence-corrected chi connectivity index (χ0v) is 18.6. The fourth-order valence-corrected chi connectivity index (χ4v) is 5.05. The van der Waals surface area contributed by atoms with Crippen LogP contribution in [0.15, 0.2) is 82.6 Å². The van der Waals surface area contributed by atoms with E-state index in [4.69, 9.17) is 4.42 Å². The van der Waals surface area contributed by atoms with Crippen molar-refractivity contribution in [1.82, 2.24) is 15.1 Å². The number of aromatic nitrogens is 2. The molecule has 2 aromatic heterocycles. The minimum Gasteiger partial charge on any atom is -0.420 e. The van der Waals surface area contributed by atoms with Gasteiger partial charge in [0.1, 0.15) is 0 Å². The molecule has 1 unspecified atom stereocenters. The third kappa shape index (κ3) is 4.50. The number of carbonyl (C=O) groups excluding carboxylic acids is 1. The van der Waals surface area contributed by atoms with E-state index in [-0.39, 0.29) is 17.7 Å². The number of benzene rings is 2. The zero-order valence-electron chi connectivity index (χ0n) is 17.8. The first kappa shape index (κ1) is 20.6. The third-order valence-corrected chi connectivity index (χ3v) is 6.94. The average molecular weight is 444 g/mol. The second kappa shape index (κ2) is 9.49. The van der Waals surface area contributed by atoms with Crippen LogP contribution in [0.3, 0.4) is 0 Å². The van der Waals surface area contributed by atoms with Gasteiger partial charge in [-0.05, 0) is 35.4 Å². The van der Waals surface area contributed by atoms with Gasteiger partial charge in [0.15, 0.2) is 0 Å². The lowest BCUT2D eigenvalue weighted by molar-refractivity contribution is -0.132. The molecule has 3 heterocycles. The lowest BCUT2D eigenvalue weighted by Crippen LogP contribution is -2.39. The summed E-state index contributed by atoms with van der Waals surface area (Å²) in [7, 11) is 0. The van der Waals surface area contributed by atoms with Gasteiger partial charge in [-0.2, -0.15) is 0 Å². The number of amides is 1. The Morgan fingerprint density at radius 3 is 2.38 bits per heavy atom. The first-order chi connectivity index (χ1) is 15.8. The summed E-state index contributed by atoms with van der Waals surface area (Å²) in [5, 5.41) is 10.5. The van der Waals surface area contributed by atoms with E-state index in [9.17, 15) is 4.79 Å². The van der Waals surface area contributed by atoms with Gasteiger partial charge in [0.05, 0.1) is 10.8 Å². The molecule has 162 valence electrons. The zero-order chi connectivity index (χ0) is 21.8. The predicted octanol–water partition coefficient (Wildman–Crippen LogP) is 5.73. The van der Waals surface area contributed by atoms with Crippen LogP contribution >= 0.6 is 11.3 Å². The summed E-state index contributed by atoms with van der Waals surface area (Å²) in [4.78, 5) is 16.3. The molecule has 0 N–H and O–H groups in total. The van der Waals surface area contributed by atoms with Crippen LogP contribution in [0.25, 0.3) is 10.8 Å². The van der Waals surface area contributed by atoms with Gasteiger partial charge in [-0.25, -0.2) is 0 Å². The topological polar surface area (TPSA) is 59.2 Å². The smallest absolute Gasteiger partial charge is 0.257 e. The van der Waals surface area contributed by atoms with Crippen molar-refractivity contribution in [2.45, 2.75) is 31.1 Å². The Kier molecular flexibility index (Phi) is 6.12. The molecule has 2 aromatic carbocycles. The number of rotatable bonds is 6. The molecular formula is C26H25N3O2S. The Bertz CT molecular complexity index is 1100. The summed E-state index contributed by atoms with van der Waals surface area (Å²) in [6, 6.07) is 24.5. The fourth-order valence-electron chi connectivity index (χ4n) is 4.41. The van der Waals surface area contributed by atoms with Crippen LogP contribution in [0.5, 0.6) is 0 Å². The van der Waals surface area contributed by atoms with Gasteiger partial charge in [-0.3, -0.25) is 4.79 Å². The lowest BCUT2D eigenvalue weighted by atomic mass is 9.87. The largest absolute Gasteiger partial charge is 0.420 e. The summed E-state index contributed by atoms with van der Waals surface area (Å²) in [5.41, 5.74) is 2.33. The number of thiophene rings is 1. The molecule has 0 spiro atoms. The predicted molar refractivity (Wildman–Crippen MR) is 126 cm³/mol. The molecule has 1 amide bonds. The maximum Gasteiger partial charge on any atom is 0.257 e. The van der Waals surface area contributed by atoms with E-state index in [1.54, 1.807) is 11.3 Å². The minimum absolute atomic E-state index is 0.0408. The average Bonchev–Trinajstić information content (AvgIpc) is 3.56. The summed E-state index contributed by atoms with van der Waals surface area (Å²) in [6.45, 7) is 1.40. The van der Waals surface area contributed by atoms with Crippen molar-refractivity contribution in [2.75, 3.05) is 13.1 Å². The maximum absolute atomic E-state index is 13.4. The van der Waals surface area contributed by atoms with Crippen LogP contribution < -0.4 is 0 Å². The fraction of sp³-hybridized carbons (Fsp3) is 0.269. The highest BCUT2D eigenvalue weighted by Gasteiger charge is 2.30. The van der Waals surface area contributed by atoms with Crippen LogP contribution in [-0.2, 0) is 4.79 Å². The molecule has 4 aromatic rings. The van der Waals surface area contributed by atoms with Gasteiger partial charge < -0.3 is 9.32 Å². The highest BCUT2D eigenvalue weighted by Crippen LogP contribution is 2.32. The van der Waals surface area contributed by atoms with Crippen molar-refractivity contribution < 1.29 is 9.21 Å². The van der Waals surface area contributed by atoms with E-state index in [2.05, 4.69) is 34.5 Å². The van der Waals surface area contributed by atoms with Crippen molar-refractivity contribution in [3.63, 3.8) is 0 Å². The molecule has 0 bridgehead atoms. The molecular weight excluding hydrogens is 418 g/mol. The molecule has 1 fully saturated rings. The van der Waals surface area contributed by atoms with Gasteiger partial charge in [0.25, 0.3) is 5.89 Å². The van der Waals surface area contributed by atoms with Crippen molar-refractivity contribution in [2.24, 2.45) is 0 Å². The molecule has 0 saturated carbocycles. The number of nitrogens with zero attached hydrogens (tertiary/aromatic N) is 3. The number of hydrogen-bond acceptors (Lipinski definition) is 5. The molecule has 1 aliphatic heterocycles. The molecule has 6 heteroatoms. The molecule has 1 saturated heterocycles. The molecule has 32 heavy (non-hydrogen) atoms. The summed E-state index contributed by atoms with van der Waals surface area (Å²) >= 11 is 1.58. The van der Waals surface area contributed by atoms with E-state index in [1.165, 1.54) is 0 Å². The number of carbonyl (C=O) groups is 1. The van der Waals surface area contributed by atoms with Gasteiger partial charge in [0, 0.05) is 25.4 Å². The third-order valence-electron chi connectivity index (χ3n) is 6.08. The highest BCUT2D eigenvalue weighted by atomic mass is 32.1.